The predicted octanol–water partition coefficient (Wildman–Crippen LogP) is 3.11. The van der Waals surface area contributed by atoms with Crippen LogP contribution in [0.4, 0.5) is 0 Å². The van der Waals surface area contributed by atoms with Gasteiger partial charge in [0.25, 0.3) is 0 Å². The Hall–Kier alpha value is -1.61. The number of aryl methyl sites for hydroxylation is 1. The van der Waals surface area contributed by atoms with Crippen molar-refractivity contribution in [1.29, 1.82) is 0 Å². The second-order valence-electron chi connectivity index (χ2n) is 4.69. The van der Waals surface area contributed by atoms with Crippen LogP contribution in [-0.2, 0) is 13.1 Å². The summed E-state index contributed by atoms with van der Waals surface area (Å²) in [7, 11) is 0. The molecule has 1 aromatic heterocycles. The minimum absolute atomic E-state index is 0.817. The molecule has 0 radical (unpaired) electrons. The van der Waals surface area contributed by atoms with Crippen LogP contribution < -0.4 is 5.32 Å². The minimum Gasteiger partial charge on any atom is -0.308 e. The van der Waals surface area contributed by atoms with Gasteiger partial charge in [0.15, 0.2) is 0 Å². The molecule has 1 aromatic carbocycles. The first-order chi connectivity index (χ1) is 8.72. The van der Waals surface area contributed by atoms with E-state index in [2.05, 4.69) is 66.2 Å². The molecule has 0 aliphatic heterocycles. The van der Waals surface area contributed by atoms with Crippen molar-refractivity contribution in [2.75, 3.05) is 6.54 Å². The van der Waals surface area contributed by atoms with Gasteiger partial charge in [-0.25, -0.2) is 0 Å². The summed E-state index contributed by atoms with van der Waals surface area (Å²) in [4.78, 5) is 0. The van der Waals surface area contributed by atoms with Crippen molar-refractivity contribution >= 4 is 10.9 Å². The van der Waals surface area contributed by atoms with Gasteiger partial charge in [0, 0.05) is 25.0 Å². The van der Waals surface area contributed by atoms with Crippen LogP contribution in [0.15, 0.2) is 35.9 Å². The van der Waals surface area contributed by atoms with Gasteiger partial charge in [-0.15, -0.1) is 0 Å². The maximum Gasteiger partial charge on any atom is 0.0841 e. The first-order valence-corrected chi connectivity index (χ1v) is 6.51. The largest absolute Gasteiger partial charge is 0.308 e. The smallest absolute Gasteiger partial charge is 0.0841 e. The molecule has 1 heterocycles. The number of hydrogen-bond donors (Lipinski definition) is 1. The number of nitrogens with one attached hydrogen (secondary N) is 1. The second kappa shape index (κ2) is 5.83. The van der Waals surface area contributed by atoms with E-state index in [1.807, 2.05) is 0 Å². The molecular formula is C15H21N3. The zero-order valence-electron chi connectivity index (χ0n) is 11.4. The van der Waals surface area contributed by atoms with Crippen molar-refractivity contribution in [3.05, 3.63) is 41.6 Å². The average Bonchev–Trinajstić information content (AvgIpc) is 2.73. The first-order valence-electron chi connectivity index (χ1n) is 6.51. The predicted molar refractivity (Wildman–Crippen MR) is 76.5 cm³/mol. The lowest BCUT2D eigenvalue weighted by Gasteiger charge is -1.99. The number of rotatable bonds is 5. The summed E-state index contributed by atoms with van der Waals surface area (Å²) >= 11 is 0. The molecule has 0 bridgehead atoms. The first kappa shape index (κ1) is 12.8. The molecule has 0 aliphatic rings. The van der Waals surface area contributed by atoms with Crippen molar-refractivity contribution in [3.8, 4) is 0 Å². The van der Waals surface area contributed by atoms with Crippen LogP contribution in [0.1, 0.15) is 26.5 Å². The SMILES string of the molecule is CCn1nc(CNCC=C(C)C)c2ccccc21. The van der Waals surface area contributed by atoms with E-state index >= 15 is 0 Å². The Morgan fingerprint density at radius 2 is 2.11 bits per heavy atom. The lowest BCUT2D eigenvalue weighted by molar-refractivity contribution is 0.648. The van der Waals surface area contributed by atoms with Gasteiger partial charge < -0.3 is 5.32 Å². The lowest BCUT2D eigenvalue weighted by Crippen LogP contribution is -2.14. The van der Waals surface area contributed by atoms with Gasteiger partial charge in [-0.2, -0.15) is 5.10 Å². The zero-order valence-corrected chi connectivity index (χ0v) is 11.4. The van der Waals surface area contributed by atoms with E-state index < -0.39 is 0 Å². The number of aromatic nitrogens is 2. The summed E-state index contributed by atoms with van der Waals surface area (Å²) in [6.45, 7) is 8.98. The number of hydrogen-bond acceptors (Lipinski definition) is 2. The van der Waals surface area contributed by atoms with Gasteiger partial charge in [0.1, 0.15) is 0 Å². The van der Waals surface area contributed by atoms with Crippen molar-refractivity contribution in [3.63, 3.8) is 0 Å². The molecule has 0 aliphatic carbocycles. The summed E-state index contributed by atoms with van der Waals surface area (Å²) in [5.74, 6) is 0. The fourth-order valence-corrected chi connectivity index (χ4v) is 2.03. The molecule has 2 aromatic rings. The topological polar surface area (TPSA) is 29.9 Å². The van der Waals surface area contributed by atoms with E-state index in [9.17, 15) is 0 Å². The van der Waals surface area contributed by atoms with Gasteiger partial charge in [0.2, 0.25) is 0 Å². The zero-order chi connectivity index (χ0) is 13.0. The highest BCUT2D eigenvalue weighted by molar-refractivity contribution is 5.81. The molecule has 0 amide bonds. The maximum absolute atomic E-state index is 4.66. The number of para-hydroxylation sites is 1. The molecule has 0 atom stereocenters. The number of nitrogens with zero attached hydrogens (tertiary/aromatic N) is 2. The van der Waals surface area contributed by atoms with Crippen LogP contribution >= 0.6 is 0 Å². The van der Waals surface area contributed by atoms with Crippen molar-refractivity contribution in [1.82, 2.24) is 15.1 Å². The van der Waals surface area contributed by atoms with Gasteiger partial charge in [-0.3, -0.25) is 4.68 Å². The highest BCUT2D eigenvalue weighted by atomic mass is 15.3. The molecule has 3 nitrogen and oxygen atoms in total. The second-order valence-corrected chi connectivity index (χ2v) is 4.69. The summed E-state index contributed by atoms with van der Waals surface area (Å²) in [5.41, 5.74) is 3.69. The Morgan fingerprint density at radius 3 is 2.83 bits per heavy atom. The lowest BCUT2D eigenvalue weighted by atomic mass is 10.2. The number of benzene rings is 1. The van der Waals surface area contributed by atoms with Gasteiger partial charge >= 0.3 is 0 Å². The van der Waals surface area contributed by atoms with Gasteiger partial charge in [0.05, 0.1) is 11.2 Å². The van der Waals surface area contributed by atoms with Crippen molar-refractivity contribution in [2.45, 2.75) is 33.9 Å². The Balaban J connectivity index is 2.15. The molecule has 2 rings (SSSR count). The number of allylic oxidation sites excluding steroid dienone is 1. The third-order valence-electron chi connectivity index (χ3n) is 2.98. The molecule has 18 heavy (non-hydrogen) atoms. The summed E-state index contributed by atoms with van der Waals surface area (Å²) in [6, 6.07) is 8.41. The van der Waals surface area contributed by atoms with E-state index in [0.29, 0.717) is 0 Å². The standard InChI is InChI=1S/C15H21N3/c1-4-18-15-8-6-5-7-13(15)14(17-18)11-16-10-9-12(2)3/h5-9,16H,4,10-11H2,1-3H3. The molecule has 1 N–H and O–H groups in total. The van der Waals surface area contributed by atoms with Crippen LogP contribution in [0.5, 0.6) is 0 Å². The summed E-state index contributed by atoms with van der Waals surface area (Å²) in [6.07, 6.45) is 2.19. The fourth-order valence-electron chi connectivity index (χ4n) is 2.03. The molecule has 96 valence electrons. The Morgan fingerprint density at radius 1 is 1.33 bits per heavy atom. The van der Waals surface area contributed by atoms with Gasteiger partial charge in [-0.1, -0.05) is 29.8 Å². The summed E-state index contributed by atoms with van der Waals surface area (Å²) < 4.78 is 2.06. The normalized spacial score (nSPS) is 10.8. The van der Waals surface area contributed by atoms with E-state index in [1.165, 1.54) is 16.5 Å². The van der Waals surface area contributed by atoms with Crippen LogP contribution in [0, 0.1) is 0 Å². The monoisotopic (exact) mass is 243 g/mol. The quantitative estimate of drug-likeness (QED) is 0.646. The highest BCUT2D eigenvalue weighted by Crippen LogP contribution is 2.18. The molecular weight excluding hydrogens is 222 g/mol. The molecule has 0 unspecified atom stereocenters. The number of fused-ring (bicyclic) bond motifs is 1. The maximum atomic E-state index is 4.66. The van der Waals surface area contributed by atoms with Crippen molar-refractivity contribution in [2.24, 2.45) is 0 Å². The van der Waals surface area contributed by atoms with Crippen LogP contribution in [0.2, 0.25) is 0 Å². The van der Waals surface area contributed by atoms with Crippen molar-refractivity contribution < 1.29 is 0 Å². The van der Waals surface area contributed by atoms with E-state index in [0.717, 1.165) is 25.3 Å². The minimum atomic E-state index is 0.817. The highest BCUT2D eigenvalue weighted by Gasteiger charge is 2.07. The molecule has 0 saturated heterocycles. The van der Waals surface area contributed by atoms with Crippen LogP contribution in [0.3, 0.4) is 0 Å². The summed E-state index contributed by atoms with van der Waals surface area (Å²) in [5, 5.41) is 9.32. The van der Waals surface area contributed by atoms with Crippen LogP contribution in [0.25, 0.3) is 10.9 Å². The van der Waals surface area contributed by atoms with E-state index in [-0.39, 0.29) is 0 Å². The third kappa shape index (κ3) is 2.79. The molecule has 3 heteroatoms. The molecule has 0 spiro atoms. The third-order valence-corrected chi connectivity index (χ3v) is 2.98. The van der Waals surface area contributed by atoms with Gasteiger partial charge in [-0.05, 0) is 26.8 Å². The van der Waals surface area contributed by atoms with Crippen LogP contribution in [-0.4, -0.2) is 16.3 Å². The fraction of sp³-hybridized carbons (Fsp3) is 0.400. The Labute approximate surface area is 109 Å². The van der Waals surface area contributed by atoms with E-state index in [1.54, 1.807) is 0 Å². The Kier molecular flexibility index (Phi) is 4.15. The van der Waals surface area contributed by atoms with E-state index in [4.69, 9.17) is 0 Å². The Bertz CT molecular complexity index is 548. The average molecular weight is 243 g/mol. The molecule has 0 fully saturated rings. The molecule has 0 saturated carbocycles.